The molecule has 3 rings (SSSR count). The van der Waals surface area contributed by atoms with E-state index < -0.39 is 17.6 Å². The van der Waals surface area contributed by atoms with Crippen LogP contribution in [0.2, 0.25) is 15.2 Å². The van der Waals surface area contributed by atoms with Gasteiger partial charge in [0.25, 0.3) is 11.8 Å². The quantitative estimate of drug-likeness (QED) is 0.471. The van der Waals surface area contributed by atoms with Gasteiger partial charge in [-0.05, 0) is 48.5 Å². The number of carbonyl (C=O) groups is 2. The lowest BCUT2D eigenvalue weighted by molar-refractivity contribution is 0.101. The van der Waals surface area contributed by atoms with Crippen molar-refractivity contribution in [1.29, 1.82) is 0 Å². The van der Waals surface area contributed by atoms with Crippen molar-refractivity contribution < 1.29 is 18.7 Å². The van der Waals surface area contributed by atoms with E-state index in [2.05, 4.69) is 15.6 Å². The number of hydrogen-bond donors (Lipinski definition) is 2. The van der Waals surface area contributed by atoms with Crippen LogP contribution in [-0.4, -0.2) is 23.9 Å². The van der Waals surface area contributed by atoms with Gasteiger partial charge in [0.05, 0.1) is 23.4 Å². The van der Waals surface area contributed by atoms with Crippen LogP contribution in [0.3, 0.4) is 0 Å². The van der Waals surface area contributed by atoms with E-state index in [-0.39, 0.29) is 32.1 Å². The second kappa shape index (κ2) is 9.30. The maximum absolute atomic E-state index is 14.0. The number of ether oxygens (including phenoxy) is 1. The Labute approximate surface area is 185 Å². The summed E-state index contributed by atoms with van der Waals surface area (Å²) in [6.45, 7) is 0. The molecule has 0 aliphatic heterocycles. The van der Waals surface area contributed by atoms with Gasteiger partial charge in [-0.3, -0.25) is 9.59 Å². The average molecular weight is 469 g/mol. The van der Waals surface area contributed by atoms with E-state index >= 15 is 0 Å². The number of benzene rings is 2. The molecule has 10 heteroatoms. The molecule has 0 aliphatic carbocycles. The van der Waals surface area contributed by atoms with Crippen molar-refractivity contribution in [3.05, 3.63) is 80.8 Å². The molecule has 2 amide bonds. The van der Waals surface area contributed by atoms with E-state index in [0.29, 0.717) is 11.4 Å². The number of hydrogen-bond acceptors (Lipinski definition) is 4. The molecule has 0 unspecified atom stereocenters. The molecule has 0 saturated carbocycles. The lowest BCUT2D eigenvalue weighted by Gasteiger charge is -2.13. The second-order valence-electron chi connectivity index (χ2n) is 5.91. The Morgan fingerprint density at radius 1 is 0.967 bits per heavy atom. The van der Waals surface area contributed by atoms with Crippen molar-refractivity contribution in [2.24, 2.45) is 0 Å². The van der Waals surface area contributed by atoms with Gasteiger partial charge in [0.1, 0.15) is 22.4 Å². The van der Waals surface area contributed by atoms with E-state index in [1.807, 2.05) is 0 Å². The Balaban J connectivity index is 1.85. The zero-order chi connectivity index (χ0) is 21.8. The summed E-state index contributed by atoms with van der Waals surface area (Å²) >= 11 is 17.5. The van der Waals surface area contributed by atoms with E-state index in [4.69, 9.17) is 39.5 Å². The minimum atomic E-state index is -0.773. The van der Waals surface area contributed by atoms with E-state index in [1.54, 1.807) is 6.07 Å². The maximum atomic E-state index is 14.0. The van der Waals surface area contributed by atoms with Crippen LogP contribution in [-0.2, 0) is 0 Å². The van der Waals surface area contributed by atoms with E-state index in [9.17, 15) is 14.0 Å². The molecular formula is C20H13Cl3FN3O3. The van der Waals surface area contributed by atoms with Crippen molar-refractivity contribution in [3.63, 3.8) is 0 Å². The molecule has 0 bridgehead atoms. The lowest BCUT2D eigenvalue weighted by atomic mass is 10.2. The fraction of sp³-hybridized carbons (Fsp3) is 0.0500. The van der Waals surface area contributed by atoms with Crippen LogP contribution in [0.15, 0.2) is 48.5 Å². The zero-order valence-corrected chi connectivity index (χ0v) is 17.6. The number of halogens is 4. The summed E-state index contributed by atoms with van der Waals surface area (Å²) in [7, 11) is 1.40. The van der Waals surface area contributed by atoms with Gasteiger partial charge in [0.15, 0.2) is 0 Å². The molecule has 154 valence electrons. The molecule has 1 aromatic heterocycles. The monoisotopic (exact) mass is 467 g/mol. The fourth-order valence-corrected chi connectivity index (χ4v) is 3.01. The Hall–Kier alpha value is -2.87. The number of rotatable bonds is 5. The van der Waals surface area contributed by atoms with Crippen LogP contribution < -0.4 is 15.4 Å². The minimum absolute atomic E-state index is 0.0613. The SMILES string of the molecule is COc1ccc(NC(=O)c2nc(Cl)ccc2Cl)cc1NC(=O)c1ccc(Cl)cc1F. The Bertz CT molecular complexity index is 1140. The zero-order valence-electron chi connectivity index (χ0n) is 15.3. The molecular weight excluding hydrogens is 456 g/mol. The first kappa shape index (κ1) is 21.8. The largest absolute Gasteiger partial charge is 0.495 e. The second-order valence-corrected chi connectivity index (χ2v) is 7.14. The molecule has 3 aromatic rings. The molecule has 0 aliphatic rings. The van der Waals surface area contributed by atoms with E-state index in [1.165, 1.54) is 43.5 Å². The highest BCUT2D eigenvalue weighted by Gasteiger charge is 2.17. The molecule has 30 heavy (non-hydrogen) atoms. The smallest absolute Gasteiger partial charge is 0.275 e. The summed E-state index contributed by atoms with van der Waals surface area (Å²) in [6.07, 6.45) is 0. The van der Waals surface area contributed by atoms with Gasteiger partial charge in [0.2, 0.25) is 0 Å². The Morgan fingerprint density at radius 2 is 1.73 bits per heavy atom. The number of pyridine rings is 1. The van der Waals surface area contributed by atoms with Crippen molar-refractivity contribution in [2.75, 3.05) is 17.7 Å². The van der Waals surface area contributed by atoms with Crippen LogP contribution >= 0.6 is 34.8 Å². The summed E-state index contributed by atoms with van der Waals surface area (Å²) in [4.78, 5) is 28.9. The minimum Gasteiger partial charge on any atom is -0.495 e. The number of anilines is 2. The summed E-state index contributed by atoms with van der Waals surface area (Å²) < 4.78 is 19.2. The van der Waals surface area contributed by atoms with Gasteiger partial charge >= 0.3 is 0 Å². The van der Waals surface area contributed by atoms with Crippen molar-refractivity contribution in [3.8, 4) is 5.75 Å². The third-order valence-electron chi connectivity index (χ3n) is 3.91. The summed E-state index contributed by atoms with van der Waals surface area (Å²) in [5.41, 5.74) is 0.255. The highest BCUT2D eigenvalue weighted by Crippen LogP contribution is 2.29. The molecule has 1 heterocycles. The first-order chi connectivity index (χ1) is 14.3. The summed E-state index contributed by atoms with van der Waals surface area (Å²) in [6, 6.07) is 11.1. The third kappa shape index (κ3) is 4.99. The molecule has 0 atom stereocenters. The van der Waals surface area contributed by atoms with Gasteiger partial charge in [0, 0.05) is 10.7 Å². The number of aromatic nitrogens is 1. The van der Waals surface area contributed by atoms with Crippen molar-refractivity contribution >= 4 is 58.0 Å². The molecule has 0 saturated heterocycles. The molecule has 2 N–H and O–H groups in total. The van der Waals surface area contributed by atoms with Crippen LogP contribution in [0.1, 0.15) is 20.8 Å². The molecule has 0 radical (unpaired) electrons. The van der Waals surface area contributed by atoms with Gasteiger partial charge in [-0.15, -0.1) is 0 Å². The number of nitrogens with zero attached hydrogens (tertiary/aromatic N) is 1. The Kier molecular flexibility index (Phi) is 6.77. The van der Waals surface area contributed by atoms with Crippen molar-refractivity contribution in [1.82, 2.24) is 4.98 Å². The summed E-state index contributed by atoms with van der Waals surface area (Å²) in [5, 5.41) is 5.55. The number of nitrogens with one attached hydrogen (secondary N) is 2. The Morgan fingerprint density at radius 3 is 2.43 bits per heavy atom. The first-order valence-corrected chi connectivity index (χ1v) is 9.49. The predicted molar refractivity (Wildman–Crippen MR) is 115 cm³/mol. The number of amides is 2. The highest BCUT2D eigenvalue weighted by atomic mass is 35.5. The van der Waals surface area contributed by atoms with Gasteiger partial charge < -0.3 is 15.4 Å². The fourth-order valence-electron chi connectivity index (χ4n) is 2.51. The van der Waals surface area contributed by atoms with Crippen LogP contribution in [0.5, 0.6) is 5.75 Å². The van der Waals surface area contributed by atoms with Crippen LogP contribution in [0, 0.1) is 5.82 Å². The lowest BCUT2D eigenvalue weighted by Crippen LogP contribution is -2.16. The molecule has 2 aromatic carbocycles. The van der Waals surface area contributed by atoms with Crippen LogP contribution in [0.4, 0.5) is 15.8 Å². The topological polar surface area (TPSA) is 80.3 Å². The van der Waals surface area contributed by atoms with Gasteiger partial charge in [-0.25, -0.2) is 9.37 Å². The average Bonchev–Trinajstić information content (AvgIpc) is 2.70. The number of methoxy groups -OCH3 is 1. The van der Waals surface area contributed by atoms with Crippen LogP contribution in [0.25, 0.3) is 0 Å². The third-order valence-corrected chi connectivity index (χ3v) is 4.66. The molecule has 0 fully saturated rings. The van der Waals surface area contributed by atoms with Gasteiger partial charge in [-0.1, -0.05) is 34.8 Å². The molecule has 0 spiro atoms. The van der Waals surface area contributed by atoms with Crippen molar-refractivity contribution in [2.45, 2.75) is 0 Å². The highest BCUT2D eigenvalue weighted by molar-refractivity contribution is 6.35. The standard InChI is InChI=1S/C20H13Cl3FN3O3/c1-30-16-6-3-11(25-20(29)18-13(22)5-7-17(23)27-18)9-15(16)26-19(28)12-4-2-10(21)8-14(12)24/h2-9H,1H3,(H,25,29)(H,26,28). The maximum Gasteiger partial charge on any atom is 0.275 e. The van der Waals surface area contributed by atoms with Gasteiger partial charge in [-0.2, -0.15) is 0 Å². The first-order valence-electron chi connectivity index (χ1n) is 8.36. The summed E-state index contributed by atoms with van der Waals surface area (Å²) in [5.74, 6) is -1.79. The predicted octanol–water partition coefficient (Wildman–Crippen LogP) is 5.69. The number of carbonyl (C=O) groups excluding carboxylic acids is 2. The molecule has 6 nitrogen and oxygen atoms in total. The normalized spacial score (nSPS) is 10.4. The van der Waals surface area contributed by atoms with E-state index in [0.717, 1.165) is 6.07 Å².